The van der Waals surface area contributed by atoms with Crippen LogP contribution in [0.3, 0.4) is 0 Å². The van der Waals surface area contributed by atoms with Crippen LogP contribution in [0.5, 0.6) is 0 Å². The monoisotopic (exact) mass is 320 g/mol. The first-order chi connectivity index (χ1) is 10.6. The fourth-order valence-corrected chi connectivity index (χ4v) is 2.85. The van der Waals surface area contributed by atoms with Crippen LogP contribution in [0.15, 0.2) is 35.1 Å². The van der Waals surface area contributed by atoms with Crippen LogP contribution in [0, 0.1) is 0 Å². The number of hydrogen-bond donors (Lipinski definition) is 2. The lowest BCUT2D eigenvalue weighted by Gasteiger charge is -2.17. The van der Waals surface area contributed by atoms with Gasteiger partial charge in [0, 0.05) is 18.5 Å². The molecule has 118 valence electrons. The van der Waals surface area contributed by atoms with Gasteiger partial charge in [0.2, 0.25) is 0 Å². The maximum atomic E-state index is 12.5. The Morgan fingerprint density at radius 2 is 2.14 bits per heavy atom. The quantitative estimate of drug-likeness (QED) is 0.843. The molecular formula is C16H20N2O3S. The first-order valence-electron chi connectivity index (χ1n) is 7.08. The summed E-state index contributed by atoms with van der Waals surface area (Å²) in [5.74, 6) is 0.525. The maximum Gasteiger partial charge on any atom is 0.252 e. The molecule has 1 unspecified atom stereocenters. The van der Waals surface area contributed by atoms with Crippen LogP contribution < -0.4 is 10.9 Å². The maximum absolute atomic E-state index is 12.5. The molecule has 6 heteroatoms. The molecule has 1 atom stereocenters. The number of nitrogens with zero attached hydrogens (tertiary/aromatic N) is 1. The summed E-state index contributed by atoms with van der Waals surface area (Å²) >= 11 is 1.66. The summed E-state index contributed by atoms with van der Waals surface area (Å²) in [5.41, 5.74) is 0.833. The number of hydrogen-bond acceptors (Lipinski definition) is 4. The summed E-state index contributed by atoms with van der Waals surface area (Å²) in [4.78, 5) is 24.5. The largest absolute Gasteiger partial charge is 0.394 e. The number of pyridine rings is 1. The zero-order valence-electron chi connectivity index (χ0n) is 12.7. The summed E-state index contributed by atoms with van der Waals surface area (Å²) < 4.78 is 1.52. The van der Waals surface area contributed by atoms with Gasteiger partial charge in [-0.15, -0.1) is 0 Å². The highest BCUT2D eigenvalue weighted by atomic mass is 32.2. The molecular weight excluding hydrogens is 300 g/mol. The van der Waals surface area contributed by atoms with Crippen LogP contribution in [0.25, 0.3) is 10.9 Å². The van der Waals surface area contributed by atoms with E-state index in [9.17, 15) is 14.7 Å². The molecule has 2 aromatic rings. The van der Waals surface area contributed by atoms with Crippen molar-refractivity contribution < 1.29 is 9.90 Å². The minimum absolute atomic E-state index is 0.116. The molecule has 5 nitrogen and oxygen atoms in total. The Hall–Kier alpha value is -1.79. The SMILES string of the molecule is CSCCC(CO)NC(=O)c1cc(=O)n(C)c2ccccc12. The number of amides is 1. The minimum atomic E-state index is -0.325. The third-order valence-electron chi connectivity index (χ3n) is 3.62. The number of nitrogens with one attached hydrogen (secondary N) is 1. The van der Waals surface area contributed by atoms with Crippen LogP contribution in [-0.2, 0) is 7.05 Å². The molecule has 22 heavy (non-hydrogen) atoms. The van der Waals surface area contributed by atoms with Crippen LogP contribution in [0.2, 0.25) is 0 Å². The van der Waals surface area contributed by atoms with Crippen molar-refractivity contribution in [1.82, 2.24) is 9.88 Å². The highest BCUT2D eigenvalue weighted by Gasteiger charge is 2.16. The average Bonchev–Trinajstić information content (AvgIpc) is 2.54. The Morgan fingerprint density at radius 3 is 2.82 bits per heavy atom. The Kier molecular flexibility index (Phi) is 5.63. The number of aliphatic hydroxyl groups excluding tert-OH is 1. The summed E-state index contributed by atoms with van der Waals surface area (Å²) in [6.07, 6.45) is 2.66. The molecule has 0 bridgehead atoms. The normalized spacial score (nSPS) is 12.3. The number of thioether (sulfide) groups is 1. The number of benzene rings is 1. The molecule has 0 radical (unpaired) electrons. The predicted octanol–water partition coefficient (Wildman–Crippen LogP) is 1.38. The minimum Gasteiger partial charge on any atom is -0.394 e. The summed E-state index contributed by atoms with van der Waals surface area (Å²) in [6.45, 7) is -0.116. The van der Waals surface area contributed by atoms with Gasteiger partial charge in [0.15, 0.2) is 0 Å². The highest BCUT2D eigenvalue weighted by molar-refractivity contribution is 7.98. The van der Waals surface area contributed by atoms with Gasteiger partial charge in [-0.2, -0.15) is 11.8 Å². The molecule has 0 aliphatic carbocycles. The van der Waals surface area contributed by atoms with E-state index in [0.717, 1.165) is 11.1 Å². The van der Waals surface area contributed by atoms with Crippen LogP contribution in [0.4, 0.5) is 0 Å². The lowest BCUT2D eigenvalue weighted by molar-refractivity contribution is 0.0917. The molecule has 0 fully saturated rings. The third-order valence-corrected chi connectivity index (χ3v) is 4.27. The average molecular weight is 320 g/mol. The number of aryl methyl sites for hydroxylation is 1. The lowest BCUT2D eigenvalue weighted by atomic mass is 10.1. The van der Waals surface area contributed by atoms with Gasteiger partial charge in [-0.3, -0.25) is 9.59 Å². The van der Waals surface area contributed by atoms with E-state index >= 15 is 0 Å². The second-order valence-corrected chi connectivity index (χ2v) is 6.09. The molecule has 0 spiro atoms. The molecule has 1 aromatic carbocycles. The first kappa shape index (κ1) is 16.6. The number of carbonyl (C=O) groups excluding carboxylic acids is 1. The molecule has 1 amide bonds. The van der Waals surface area contributed by atoms with Crippen molar-refractivity contribution in [2.45, 2.75) is 12.5 Å². The highest BCUT2D eigenvalue weighted by Crippen LogP contribution is 2.16. The Balaban J connectivity index is 2.36. The second-order valence-electron chi connectivity index (χ2n) is 5.11. The van der Waals surface area contributed by atoms with Gasteiger partial charge in [-0.05, 0) is 24.5 Å². The molecule has 1 heterocycles. The fraction of sp³-hybridized carbons (Fsp3) is 0.375. The van der Waals surface area contributed by atoms with Crippen molar-refractivity contribution in [3.8, 4) is 0 Å². The van der Waals surface area contributed by atoms with Gasteiger partial charge in [-0.25, -0.2) is 0 Å². The topological polar surface area (TPSA) is 71.3 Å². The van der Waals surface area contributed by atoms with Crippen molar-refractivity contribution in [1.29, 1.82) is 0 Å². The van der Waals surface area contributed by atoms with Gasteiger partial charge in [0.1, 0.15) is 0 Å². The summed E-state index contributed by atoms with van der Waals surface area (Å²) in [7, 11) is 1.68. The van der Waals surface area contributed by atoms with Crippen molar-refractivity contribution >= 4 is 28.6 Å². The Labute approximate surface area is 133 Å². The molecule has 2 N–H and O–H groups in total. The van der Waals surface area contributed by atoms with Crippen LogP contribution in [-0.4, -0.2) is 40.2 Å². The van der Waals surface area contributed by atoms with Gasteiger partial charge in [-0.1, -0.05) is 18.2 Å². The molecule has 1 aromatic heterocycles. The van der Waals surface area contributed by atoms with E-state index in [1.807, 2.05) is 30.5 Å². The van der Waals surface area contributed by atoms with E-state index in [2.05, 4.69) is 5.32 Å². The first-order valence-corrected chi connectivity index (χ1v) is 8.47. The Bertz CT molecular complexity index is 727. The Morgan fingerprint density at radius 1 is 1.41 bits per heavy atom. The lowest BCUT2D eigenvalue weighted by Crippen LogP contribution is -2.38. The van der Waals surface area contributed by atoms with Crippen LogP contribution >= 0.6 is 11.8 Å². The fourth-order valence-electron chi connectivity index (χ4n) is 2.33. The number of para-hydroxylation sites is 1. The zero-order chi connectivity index (χ0) is 16.1. The van der Waals surface area contributed by atoms with Crippen molar-refractivity contribution in [3.63, 3.8) is 0 Å². The van der Waals surface area contributed by atoms with E-state index < -0.39 is 0 Å². The molecule has 0 saturated carbocycles. The van der Waals surface area contributed by atoms with Crippen LogP contribution in [0.1, 0.15) is 16.8 Å². The van der Waals surface area contributed by atoms with E-state index in [-0.39, 0.29) is 24.1 Å². The number of fused-ring (bicyclic) bond motifs is 1. The number of rotatable bonds is 6. The smallest absolute Gasteiger partial charge is 0.252 e. The van der Waals surface area contributed by atoms with Crippen molar-refractivity contribution in [3.05, 3.63) is 46.2 Å². The van der Waals surface area contributed by atoms with Gasteiger partial charge >= 0.3 is 0 Å². The molecule has 2 rings (SSSR count). The van der Waals surface area contributed by atoms with Crippen molar-refractivity contribution in [2.75, 3.05) is 18.6 Å². The molecule has 0 aliphatic heterocycles. The summed E-state index contributed by atoms with van der Waals surface area (Å²) in [6, 6.07) is 8.34. The van der Waals surface area contributed by atoms with E-state index in [4.69, 9.17) is 0 Å². The van der Waals surface area contributed by atoms with E-state index in [0.29, 0.717) is 17.5 Å². The standard InChI is InChI=1S/C16H20N2O3S/c1-18-14-6-4-3-5-12(14)13(9-15(18)20)16(21)17-11(10-19)7-8-22-2/h3-6,9,11,19H,7-8,10H2,1-2H3,(H,17,21). The molecule has 0 saturated heterocycles. The van der Waals surface area contributed by atoms with Gasteiger partial charge < -0.3 is 15.0 Å². The zero-order valence-corrected chi connectivity index (χ0v) is 13.5. The van der Waals surface area contributed by atoms with E-state index in [1.54, 1.807) is 18.8 Å². The number of aromatic nitrogens is 1. The number of aliphatic hydroxyl groups is 1. The molecule has 0 aliphatic rings. The second kappa shape index (κ2) is 7.47. The third kappa shape index (κ3) is 3.51. The van der Waals surface area contributed by atoms with Crippen molar-refractivity contribution in [2.24, 2.45) is 7.05 Å². The van der Waals surface area contributed by atoms with Gasteiger partial charge in [0.25, 0.3) is 11.5 Å². The predicted molar refractivity (Wildman–Crippen MR) is 90.5 cm³/mol. The van der Waals surface area contributed by atoms with Gasteiger partial charge in [0.05, 0.1) is 23.7 Å². The van der Waals surface area contributed by atoms with E-state index in [1.165, 1.54) is 10.6 Å². The number of carbonyl (C=O) groups is 1. The summed E-state index contributed by atoms with van der Waals surface area (Å²) in [5, 5.41) is 12.9.